The van der Waals surface area contributed by atoms with Crippen LogP contribution < -0.4 is 14.8 Å². The zero-order chi connectivity index (χ0) is 27.4. The molecule has 3 rings (SSSR count). The zero-order valence-electron chi connectivity index (χ0n) is 21.3. The van der Waals surface area contributed by atoms with Gasteiger partial charge in [-0.3, -0.25) is 4.90 Å². The summed E-state index contributed by atoms with van der Waals surface area (Å²) in [5, 5.41) is 22.0. The smallest absolute Gasteiger partial charge is 0.329 e. The minimum absolute atomic E-state index is 0.0448. The van der Waals surface area contributed by atoms with Gasteiger partial charge in [0, 0.05) is 5.54 Å². The summed E-state index contributed by atoms with van der Waals surface area (Å²) in [5.41, 5.74) is 1.86. The fourth-order valence-corrected chi connectivity index (χ4v) is 4.49. The lowest BCUT2D eigenvalue weighted by molar-refractivity contribution is 0.0395. The molecule has 194 valence electrons. The van der Waals surface area contributed by atoms with Crippen molar-refractivity contribution in [1.29, 1.82) is 5.26 Å². The van der Waals surface area contributed by atoms with Crippen molar-refractivity contribution in [1.82, 2.24) is 14.9 Å². The van der Waals surface area contributed by atoms with Crippen LogP contribution in [0.15, 0.2) is 71.6 Å². The number of ether oxygens (including phenoxy) is 1. The number of hydrogen-bond donors (Lipinski definition) is 3. The number of rotatable bonds is 7. The molecule has 0 radical (unpaired) electrons. The van der Waals surface area contributed by atoms with E-state index in [9.17, 15) is 23.6 Å². The molecule has 0 fully saturated rings. The molecule has 0 heterocycles. The Morgan fingerprint density at radius 1 is 1.03 bits per heavy atom. The first kappa shape index (κ1) is 27.7. The van der Waals surface area contributed by atoms with Crippen LogP contribution in [0.1, 0.15) is 38.1 Å². The Kier molecular flexibility index (Phi) is 8.23. The molecule has 1 atom stereocenters. The van der Waals surface area contributed by atoms with E-state index < -0.39 is 27.8 Å². The SMILES string of the molecule is CN(C)C(O)c1ccc(-c2cccc(Oc3ccc(C#N)cc3S(=O)(=O)NC(=O)NC(C)(C)C)c2)cc1. The van der Waals surface area contributed by atoms with E-state index in [1.807, 2.05) is 41.1 Å². The topological polar surface area (TPSA) is 132 Å². The second kappa shape index (κ2) is 11.0. The van der Waals surface area contributed by atoms with Gasteiger partial charge >= 0.3 is 6.03 Å². The first-order chi connectivity index (χ1) is 17.3. The summed E-state index contributed by atoms with van der Waals surface area (Å²) < 4.78 is 34.0. The Labute approximate surface area is 217 Å². The van der Waals surface area contributed by atoms with Gasteiger partial charge in [-0.2, -0.15) is 5.26 Å². The highest BCUT2D eigenvalue weighted by atomic mass is 32.2. The van der Waals surface area contributed by atoms with Crippen LogP contribution in [0.4, 0.5) is 4.79 Å². The number of urea groups is 1. The summed E-state index contributed by atoms with van der Waals surface area (Å²) in [5.74, 6) is 0.312. The molecule has 0 aromatic heterocycles. The lowest BCUT2D eigenvalue weighted by atomic mass is 10.0. The van der Waals surface area contributed by atoms with Crippen LogP contribution in [0.25, 0.3) is 11.1 Å². The van der Waals surface area contributed by atoms with Gasteiger partial charge in [0.15, 0.2) is 0 Å². The van der Waals surface area contributed by atoms with Gasteiger partial charge < -0.3 is 15.2 Å². The van der Waals surface area contributed by atoms with Crippen LogP contribution in [0.3, 0.4) is 0 Å². The van der Waals surface area contributed by atoms with Crippen molar-refractivity contribution in [3.05, 3.63) is 77.9 Å². The molecular formula is C27H30N4O5S. The van der Waals surface area contributed by atoms with Crippen LogP contribution in [-0.2, 0) is 10.0 Å². The van der Waals surface area contributed by atoms with Gasteiger partial charge in [0.25, 0.3) is 10.0 Å². The summed E-state index contributed by atoms with van der Waals surface area (Å²) in [6.07, 6.45) is -0.723. The van der Waals surface area contributed by atoms with Crippen molar-refractivity contribution in [2.75, 3.05) is 14.1 Å². The molecule has 3 aromatic carbocycles. The van der Waals surface area contributed by atoms with E-state index in [0.29, 0.717) is 5.75 Å². The van der Waals surface area contributed by atoms with E-state index >= 15 is 0 Å². The third-order valence-electron chi connectivity index (χ3n) is 5.17. The predicted molar refractivity (Wildman–Crippen MR) is 140 cm³/mol. The Morgan fingerprint density at radius 2 is 1.70 bits per heavy atom. The van der Waals surface area contributed by atoms with Gasteiger partial charge in [-0.25, -0.2) is 17.9 Å². The third-order valence-corrected chi connectivity index (χ3v) is 6.52. The number of aliphatic hydroxyl groups excluding tert-OH is 1. The molecule has 0 aliphatic rings. The normalized spacial score (nSPS) is 12.5. The maximum absolute atomic E-state index is 13.0. The number of nitrogens with one attached hydrogen (secondary N) is 2. The number of amides is 2. The van der Waals surface area contributed by atoms with Crippen LogP contribution in [-0.4, -0.2) is 44.1 Å². The number of benzene rings is 3. The van der Waals surface area contributed by atoms with E-state index in [2.05, 4.69) is 5.32 Å². The summed E-state index contributed by atoms with van der Waals surface area (Å²) >= 11 is 0. The first-order valence-corrected chi connectivity index (χ1v) is 12.9. The summed E-state index contributed by atoms with van der Waals surface area (Å²) in [6.45, 7) is 5.15. The third kappa shape index (κ3) is 7.30. The second-order valence-corrected chi connectivity index (χ2v) is 11.3. The fraction of sp³-hybridized carbons (Fsp3) is 0.259. The lowest BCUT2D eigenvalue weighted by Crippen LogP contribution is -2.48. The molecule has 9 nitrogen and oxygen atoms in total. The van der Waals surface area contributed by atoms with Gasteiger partial charge in [0.05, 0.1) is 11.6 Å². The Bertz CT molecular complexity index is 1420. The fourth-order valence-electron chi connectivity index (χ4n) is 3.43. The van der Waals surface area contributed by atoms with Crippen molar-refractivity contribution in [3.63, 3.8) is 0 Å². The van der Waals surface area contributed by atoms with E-state index in [1.165, 1.54) is 12.1 Å². The molecule has 3 N–H and O–H groups in total. The van der Waals surface area contributed by atoms with E-state index in [1.54, 1.807) is 58.0 Å². The number of nitrogens with zero attached hydrogens (tertiary/aromatic N) is 2. The molecule has 37 heavy (non-hydrogen) atoms. The molecule has 0 saturated carbocycles. The Balaban J connectivity index is 1.91. The number of nitriles is 1. The lowest BCUT2D eigenvalue weighted by Gasteiger charge is -2.21. The van der Waals surface area contributed by atoms with Gasteiger partial charge in [-0.15, -0.1) is 0 Å². The second-order valence-electron chi connectivity index (χ2n) is 9.67. The molecule has 0 aliphatic heterocycles. The molecule has 3 aromatic rings. The maximum atomic E-state index is 13.0. The monoisotopic (exact) mass is 522 g/mol. The highest BCUT2D eigenvalue weighted by Crippen LogP contribution is 2.32. The van der Waals surface area contributed by atoms with E-state index in [-0.39, 0.29) is 16.2 Å². The summed E-state index contributed by atoms with van der Waals surface area (Å²) in [7, 11) is -0.801. The number of aliphatic hydroxyl groups is 1. The zero-order valence-corrected chi connectivity index (χ0v) is 22.1. The van der Waals surface area contributed by atoms with E-state index in [0.717, 1.165) is 22.8 Å². The quantitative estimate of drug-likeness (QED) is 0.393. The Morgan fingerprint density at radius 3 is 2.30 bits per heavy atom. The van der Waals surface area contributed by atoms with Crippen molar-refractivity contribution in [2.45, 2.75) is 37.4 Å². The maximum Gasteiger partial charge on any atom is 0.329 e. The van der Waals surface area contributed by atoms with E-state index in [4.69, 9.17) is 4.74 Å². The predicted octanol–water partition coefficient (Wildman–Crippen LogP) is 4.36. The number of carbonyl (C=O) groups excluding carboxylic acids is 1. The van der Waals surface area contributed by atoms with Gasteiger partial charge in [0.1, 0.15) is 22.6 Å². The number of carbonyl (C=O) groups is 1. The number of sulfonamides is 1. The average Bonchev–Trinajstić information content (AvgIpc) is 2.82. The summed E-state index contributed by atoms with van der Waals surface area (Å²) in [4.78, 5) is 13.6. The largest absolute Gasteiger partial charge is 0.456 e. The van der Waals surface area contributed by atoms with Crippen molar-refractivity contribution < 1.29 is 23.1 Å². The molecule has 2 amide bonds. The highest BCUT2D eigenvalue weighted by Gasteiger charge is 2.25. The van der Waals surface area contributed by atoms with Crippen LogP contribution >= 0.6 is 0 Å². The summed E-state index contributed by atoms with van der Waals surface area (Å²) in [6, 6.07) is 19.4. The van der Waals surface area contributed by atoms with Gasteiger partial charge in [0.2, 0.25) is 0 Å². The minimum Gasteiger partial charge on any atom is -0.456 e. The molecule has 0 aliphatic carbocycles. The van der Waals surface area contributed by atoms with Gasteiger partial charge in [-0.05, 0) is 81.9 Å². The molecule has 10 heteroatoms. The first-order valence-electron chi connectivity index (χ1n) is 11.4. The minimum atomic E-state index is -4.36. The average molecular weight is 523 g/mol. The standard InChI is InChI=1S/C27H30N4O5S/c1-27(2,3)29-26(33)30-37(34,35)24-15-18(17-28)9-14-23(24)36-22-8-6-7-21(16-22)19-10-12-20(13-11-19)25(32)31(4)5/h6-16,25,32H,1-5H3,(H2,29,30,33). The van der Waals surface area contributed by atoms with Crippen LogP contribution in [0.5, 0.6) is 11.5 Å². The molecule has 0 saturated heterocycles. The molecule has 0 spiro atoms. The molecular weight excluding hydrogens is 492 g/mol. The number of hydrogen-bond acceptors (Lipinski definition) is 7. The van der Waals surface area contributed by atoms with Crippen LogP contribution in [0.2, 0.25) is 0 Å². The van der Waals surface area contributed by atoms with Crippen LogP contribution in [0, 0.1) is 11.3 Å². The van der Waals surface area contributed by atoms with Crippen molar-refractivity contribution in [2.24, 2.45) is 0 Å². The van der Waals surface area contributed by atoms with Crippen molar-refractivity contribution in [3.8, 4) is 28.7 Å². The van der Waals surface area contributed by atoms with Crippen molar-refractivity contribution >= 4 is 16.1 Å². The molecule has 0 bridgehead atoms. The molecule has 1 unspecified atom stereocenters. The highest BCUT2D eigenvalue weighted by molar-refractivity contribution is 7.90. The Hall–Kier alpha value is -3.91. The van der Waals surface area contributed by atoms with Gasteiger partial charge in [-0.1, -0.05) is 36.4 Å².